The lowest BCUT2D eigenvalue weighted by Gasteiger charge is -2.11. The third-order valence-electron chi connectivity index (χ3n) is 3.89. The fraction of sp³-hybridized carbons (Fsp3) is 0.222. The van der Waals surface area contributed by atoms with Gasteiger partial charge in [0.05, 0.1) is 0 Å². The van der Waals surface area contributed by atoms with E-state index in [1.54, 1.807) is 6.92 Å². The summed E-state index contributed by atoms with van der Waals surface area (Å²) in [5.41, 5.74) is 2.82. The number of hydrogen-bond acceptors (Lipinski definition) is 4. The van der Waals surface area contributed by atoms with Crippen molar-refractivity contribution in [1.29, 1.82) is 0 Å². The van der Waals surface area contributed by atoms with Crippen LogP contribution in [0.2, 0.25) is 0 Å². The van der Waals surface area contributed by atoms with Crippen LogP contribution in [0.5, 0.6) is 0 Å². The Morgan fingerprint density at radius 3 is 2.48 bits per heavy atom. The number of carbonyl (C=O) groups is 1. The fourth-order valence-electron chi connectivity index (χ4n) is 2.28. The highest BCUT2D eigenvalue weighted by atomic mass is 79.9. The predicted molar refractivity (Wildman–Crippen MR) is 100 cm³/mol. The van der Waals surface area contributed by atoms with Crippen molar-refractivity contribution in [2.75, 3.05) is 5.32 Å². The maximum Gasteiger partial charge on any atom is 0.250 e. The van der Waals surface area contributed by atoms with Crippen LogP contribution in [-0.4, -0.2) is 26.1 Å². The number of aryl methyl sites for hydroxylation is 1. The highest BCUT2D eigenvalue weighted by Gasteiger charge is 2.19. The number of halogens is 1. The average molecular weight is 400 g/mol. The van der Waals surface area contributed by atoms with Crippen molar-refractivity contribution in [3.05, 3.63) is 58.6 Å². The molecular formula is C18H18BrN5O. The van der Waals surface area contributed by atoms with Crippen molar-refractivity contribution in [2.45, 2.75) is 26.3 Å². The molecule has 1 N–H and O–H groups in total. The molecule has 0 saturated heterocycles. The topological polar surface area (TPSA) is 72.7 Å². The number of tetrazole rings is 1. The number of carbonyl (C=O) groups excluding carboxylic acids is 1. The van der Waals surface area contributed by atoms with E-state index in [2.05, 4.69) is 43.6 Å². The molecule has 0 fully saturated rings. The number of nitrogens with zero attached hydrogens (tertiary/aromatic N) is 4. The van der Waals surface area contributed by atoms with Gasteiger partial charge in [-0.2, -0.15) is 4.80 Å². The molecule has 0 saturated carbocycles. The van der Waals surface area contributed by atoms with E-state index in [0.717, 1.165) is 22.1 Å². The Kier molecular flexibility index (Phi) is 5.23. The van der Waals surface area contributed by atoms with Crippen LogP contribution in [0.15, 0.2) is 53.0 Å². The van der Waals surface area contributed by atoms with E-state index in [-0.39, 0.29) is 5.91 Å². The van der Waals surface area contributed by atoms with Gasteiger partial charge in [-0.25, -0.2) is 0 Å². The summed E-state index contributed by atoms with van der Waals surface area (Å²) in [5, 5.41) is 15.2. The van der Waals surface area contributed by atoms with E-state index in [1.807, 2.05) is 48.5 Å². The van der Waals surface area contributed by atoms with Gasteiger partial charge in [-0.1, -0.05) is 35.0 Å². The lowest BCUT2D eigenvalue weighted by molar-refractivity contribution is -0.119. The van der Waals surface area contributed by atoms with Crippen LogP contribution in [0.3, 0.4) is 0 Å². The van der Waals surface area contributed by atoms with Gasteiger partial charge in [0.1, 0.15) is 6.04 Å². The van der Waals surface area contributed by atoms with Crippen molar-refractivity contribution >= 4 is 27.5 Å². The normalized spacial score (nSPS) is 12.0. The lowest BCUT2D eigenvalue weighted by atomic mass is 10.1. The van der Waals surface area contributed by atoms with Crippen molar-refractivity contribution in [3.8, 4) is 11.4 Å². The number of rotatable bonds is 5. The van der Waals surface area contributed by atoms with Crippen molar-refractivity contribution < 1.29 is 4.79 Å². The minimum absolute atomic E-state index is 0.191. The molecule has 0 aliphatic carbocycles. The van der Waals surface area contributed by atoms with Gasteiger partial charge in [-0.05, 0) is 60.5 Å². The van der Waals surface area contributed by atoms with Crippen molar-refractivity contribution in [3.63, 3.8) is 0 Å². The summed E-state index contributed by atoms with van der Waals surface area (Å²) < 4.78 is 0.977. The predicted octanol–water partition coefficient (Wildman–Crippen LogP) is 3.86. The number of anilines is 1. The zero-order valence-corrected chi connectivity index (χ0v) is 15.6. The molecule has 3 aromatic rings. The third-order valence-corrected chi connectivity index (χ3v) is 4.41. The molecule has 0 aliphatic heterocycles. The summed E-state index contributed by atoms with van der Waals surface area (Å²) in [6.07, 6.45) is 0.965. The first-order valence-corrected chi connectivity index (χ1v) is 8.81. The minimum atomic E-state index is -0.567. The Balaban J connectivity index is 1.70. The molecule has 1 aromatic heterocycles. The van der Waals surface area contributed by atoms with Gasteiger partial charge in [0, 0.05) is 15.7 Å². The summed E-state index contributed by atoms with van der Waals surface area (Å²) in [7, 11) is 0. The number of benzene rings is 2. The van der Waals surface area contributed by atoms with Crippen LogP contribution in [0.4, 0.5) is 5.69 Å². The Morgan fingerprint density at radius 1 is 1.16 bits per heavy atom. The summed E-state index contributed by atoms with van der Waals surface area (Å²) >= 11 is 3.39. The number of hydrogen-bond donors (Lipinski definition) is 1. The molecule has 1 atom stereocenters. The first kappa shape index (κ1) is 17.3. The van der Waals surface area contributed by atoms with Gasteiger partial charge in [0.2, 0.25) is 5.82 Å². The molecule has 0 bridgehead atoms. The van der Waals surface area contributed by atoms with Gasteiger partial charge in [0.25, 0.3) is 5.91 Å². The minimum Gasteiger partial charge on any atom is -0.324 e. The molecule has 0 spiro atoms. The Labute approximate surface area is 154 Å². The maximum absolute atomic E-state index is 12.4. The molecule has 3 rings (SSSR count). The van der Waals surface area contributed by atoms with Crippen LogP contribution >= 0.6 is 15.9 Å². The van der Waals surface area contributed by atoms with Gasteiger partial charge < -0.3 is 5.32 Å². The second kappa shape index (κ2) is 7.57. The smallest absolute Gasteiger partial charge is 0.250 e. The van der Waals surface area contributed by atoms with E-state index in [4.69, 9.17) is 0 Å². The molecule has 25 heavy (non-hydrogen) atoms. The quantitative estimate of drug-likeness (QED) is 0.706. The molecular weight excluding hydrogens is 382 g/mol. The molecule has 0 aliphatic rings. The van der Waals surface area contributed by atoms with Gasteiger partial charge in [-0.15, -0.1) is 10.2 Å². The first-order chi connectivity index (χ1) is 12.1. The van der Waals surface area contributed by atoms with Crippen LogP contribution in [0, 0.1) is 0 Å². The molecule has 2 aromatic carbocycles. The second-order valence-corrected chi connectivity index (χ2v) is 6.57. The molecule has 1 amide bonds. The summed E-state index contributed by atoms with van der Waals surface area (Å²) in [6, 6.07) is 14.8. The SMILES string of the molecule is CCc1ccc(NC(=O)C(C)n2nnc(-c3ccc(Br)cc3)n2)cc1. The van der Waals surface area contributed by atoms with Crippen LogP contribution in [-0.2, 0) is 11.2 Å². The molecule has 128 valence electrons. The van der Waals surface area contributed by atoms with E-state index >= 15 is 0 Å². The van der Waals surface area contributed by atoms with E-state index in [0.29, 0.717) is 5.82 Å². The molecule has 1 unspecified atom stereocenters. The second-order valence-electron chi connectivity index (χ2n) is 5.66. The zero-order valence-electron chi connectivity index (χ0n) is 14.0. The zero-order chi connectivity index (χ0) is 17.8. The lowest BCUT2D eigenvalue weighted by Crippen LogP contribution is -2.25. The van der Waals surface area contributed by atoms with Crippen LogP contribution in [0.25, 0.3) is 11.4 Å². The Morgan fingerprint density at radius 2 is 1.84 bits per heavy atom. The van der Waals surface area contributed by atoms with Crippen molar-refractivity contribution in [1.82, 2.24) is 20.2 Å². The number of amides is 1. The maximum atomic E-state index is 12.4. The van der Waals surface area contributed by atoms with E-state index in [9.17, 15) is 4.79 Å². The van der Waals surface area contributed by atoms with Crippen LogP contribution < -0.4 is 5.32 Å². The standard InChI is InChI=1S/C18H18BrN5O/c1-3-13-4-10-16(11-5-13)20-18(25)12(2)24-22-17(21-23-24)14-6-8-15(19)9-7-14/h4-12H,3H2,1-2H3,(H,20,25). The molecule has 1 heterocycles. The van der Waals surface area contributed by atoms with Crippen molar-refractivity contribution in [2.24, 2.45) is 0 Å². The number of aromatic nitrogens is 4. The Bertz CT molecular complexity index is 858. The molecule has 6 nitrogen and oxygen atoms in total. The highest BCUT2D eigenvalue weighted by Crippen LogP contribution is 2.18. The number of nitrogens with one attached hydrogen (secondary N) is 1. The van der Waals surface area contributed by atoms with Gasteiger partial charge in [0.15, 0.2) is 0 Å². The van der Waals surface area contributed by atoms with E-state index < -0.39 is 6.04 Å². The average Bonchev–Trinajstić information content (AvgIpc) is 3.12. The van der Waals surface area contributed by atoms with Gasteiger partial charge in [-0.3, -0.25) is 4.79 Å². The fourth-order valence-corrected chi connectivity index (χ4v) is 2.54. The largest absolute Gasteiger partial charge is 0.324 e. The highest BCUT2D eigenvalue weighted by molar-refractivity contribution is 9.10. The molecule has 0 radical (unpaired) electrons. The monoisotopic (exact) mass is 399 g/mol. The molecule has 7 heteroatoms. The third kappa shape index (κ3) is 4.11. The van der Waals surface area contributed by atoms with E-state index in [1.165, 1.54) is 10.4 Å². The summed E-state index contributed by atoms with van der Waals surface area (Å²) in [6.45, 7) is 3.83. The Hall–Kier alpha value is -2.54. The van der Waals surface area contributed by atoms with Gasteiger partial charge >= 0.3 is 0 Å². The summed E-state index contributed by atoms with van der Waals surface area (Å²) in [5.74, 6) is 0.295. The first-order valence-electron chi connectivity index (χ1n) is 8.02. The summed E-state index contributed by atoms with van der Waals surface area (Å²) in [4.78, 5) is 13.7. The van der Waals surface area contributed by atoms with Crippen LogP contribution in [0.1, 0.15) is 25.5 Å².